The normalized spacial score (nSPS) is 12.5. The minimum absolute atomic E-state index is 0.239. The summed E-state index contributed by atoms with van der Waals surface area (Å²) in [5, 5.41) is 2.82. The summed E-state index contributed by atoms with van der Waals surface area (Å²) in [7, 11) is -3.69. The number of carbonyl (C=O) groups excluding carboxylic acids is 1. The monoisotopic (exact) mass is 378 g/mol. The summed E-state index contributed by atoms with van der Waals surface area (Å²) in [5.41, 5.74) is 3.39. The Labute approximate surface area is 153 Å². The highest BCUT2D eigenvalue weighted by Crippen LogP contribution is 2.20. The second-order valence-corrected chi connectivity index (χ2v) is 8.30. The molecule has 1 atom stereocenters. The first-order valence-electron chi connectivity index (χ1n) is 8.17. The van der Waals surface area contributed by atoms with Crippen molar-refractivity contribution in [1.29, 1.82) is 0 Å². The number of rotatable bonds is 6. The maximum Gasteiger partial charge on any atom is 0.241 e. The van der Waals surface area contributed by atoms with Crippen LogP contribution in [0.3, 0.4) is 0 Å². The molecule has 0 saturated carbocycles. The van der Waals surface area contributed by atoms with Crippen molar-refractivity contribution >= 4 is 21.6 Å². The van der Waals surface area contributed by atoms with Crippen molar-refractivity contribution in [2.45, 2.75) is 26.8 Å². The molecule has 0 aliphatic heterocycles. The van der Waals surface area contributed by atoms with Crippen LogP contribution in [0, 0.1) is 19.7 Å². The van der Waals surface area contributed by atoms with Crippen LogP contribution in [0.25, 0.3) is 0 Å². The van der Waals surface area contributed by atoms with Crippen LogP contribution in [0.2, 0.25) is 0 Å². The van der Waals surface area contributed by atoms with E-state index in [1.807, 2.05) is 39.0 Å². The lowest BCUT2D eigenvalue weighted by atomic mass is 10.0. The molecule has 0 saturated heterocycles. The third kappa shape index (κ3) is 5.05. The molecule has 0 heterocycles. The number of anilines is 1. The number of sulfonamides is 1. The van der Waals surface area contributed by atoms with E-state index < -0.39 is 21.7 Å². The van der Waals surface area contributed by atoms with Gasteiger partial charge in [-0.25, -0.2) is 12.8 Å². The van der Waals surface area contributed by atoms with Crippen molar-refractivity contribution < 1.29 is 17.6 Å². The third-order valence-electron chi connectivity index (χ3n) is 4.07. The van der Waals surface area contributed by atoms with E-state index in [4.69, 9.17) is 0 Å². The molecule has 2 rings (SSSR count). The Morgan fingerprint density at radius 2 is 1.77 bits per heavy atom. The predicted molar refractivity (Wildman–Crippen MR) is 101 cm³/mol. The van der Waals surface area contributed by atoms with Gasteiger partial charge in [-0.15, -0.1) is 0 Å². The topological polar surface area (TPSA) is 66.5 Å². The molecule has 0 radical (unpaired) electrons. The van der Waals surface area contributed by atoms with Crippen LogP contribution < -0.4 is 9.62 Å². The fourth-order valence-electron chi connectivity index (χ4n) is 2.81. The van der Waals surface area contributed by atoms with Crippen LogP contribution in [-0.4, -0.2) is 27.1 Å². The number of hydrogen-bond acceptors (Lipinski definition) is 3. The molecule has 1 N–H and O–H groups in total. The van der Waals surface area contributed by atoms with Gasteiger partial charge >= 0.3 is 0 Å². The number of hydrogen-bond donors (Lipinski definition) is 1. The molecular formula is C19H23FN2O3S. The fourth-order valence-corrected chi connectivity index (χ4v) is 3.67. The van der Waals surface area contributed by atoms with Crippen LogP contribution in [-0.2, 0) is 14.8 Å². The van der Waals surface area contributed by atoms with Gasteiger partial charge in [0.1, 0.15) is 12.4 Å². The molecule has 1 amide bonds. The highest BCUT2D eigenvalue weighted by molar-refractivity contribution is 7.92. The highest BCUT2D eigenvalue weighted by Gasteiger charge is 2.22. The summed E-state index contributed by atoms with van der Waals surface area (Å²) in [6.07, 6.45) is 1.01. The van der Waals surface area contributed by atoms with Crippen molar-refractivity contribution in [3.63, 3.8) is 0 Å². The van der Waals surface area contributed by atoms with E-state index in [2.05, 4.69) is 5.32 Å². The lowest BCUT2D eigenvalue weighted by molar-refractivity contribution is -0.120. The van der Waals surface area contributed by atoms with Gasteiger partial charge in [-0.2, -0.15) is 0 Å². The van der Waals surface area contributed by atoms with Gasteiger partial charge in [0.25, 0.3) is 0 Å². The van der Waals surface area contributed by atoms with Crippen LogP contribution >= 0.6 is 0 Å². The van der Waals surface area contributed by atoms with Crippen LogP contribution in [0.1, 0.15) is 29.7 Å². The predicted octanol–water partition coefficient (Wildman–Crippen LogP) is 3.09. The SMILES string of the molecule is Cc1ccc([C@H](C)NC(=O)CN(c2ccc(F)cc2)S(C)(=O)=O)c(C)c1. The maximum absolute atomic E-state index is 13.1. The summed E-state index contributed by atoms with van der Waals surface area (Å²) in [5.74, 6) is -0.914. The minimum Gasteiger partial charge on any atom is -0.348 e. The lowest BCUT2D eigenvalue weighted by Gasteiger charge is -2.23. The first-order chi connectivity index (χ1) is 12.1. The van der Waals surface area contributed by atoms with E-state index in [0.29, 0.717) is 0 Å². The minimum atomic E-state index is -3.69. The zero-order valence-electron chi connectivity index (χ0n) is 15.3. The Hall–Kier alpha value is -2.41. The molecule has 7 heteroatoms. The summed E-state index contributed by atoms with van der Waals surface area (Å²) in [4.78, 5) is 12.4. The van der Waals surface area contributed by atoms with Gasteiger partial charge in [0.2, 0.25) is 15.9 Å². The third-order valence-corrected chi connectivity index (χ3v) is 5.21. The van der Waals surface area contributed by atoms with Crippen molar-refractivity contribution in [2.24, 2.45) is 0 Å². The fraction of sp³-hybridized carbons (Fsp3) is 0.316. The van der Waals surface area contributed by atoms with Crippen molar-refractivity contribution in [3.05, 3.63) is 65.0 Å². The van der Waals surface area contributed by atoms with Gasteiger partial charge in [-0.3, -0.25) is 9.10 Å². The summed E-state index contributed by atoms with van der Waals surface area (Å²) in [6, 6.07) is 10.6. The van der Waals surface area contributed by atoms with Gasteiger partial charge in [0.05, 0.1) is 18.0 Å². The molecule has 5 nitrogen and oxygen atoms in total. The lowest BCUT2D eigenvalue weighted by Crippen LogP contribution is -2.41. The zero-order chi connectivity index (χ0) is 19.5. The van der Waals surface area contributed by atoms with Gasteiger partial charge in [-0.1, -0.05) is 23.8 Å². The smallest absolute Gasteiger partial charge is 0.241 e. The molecule has 0 aliphatic carbocycles. The largest absolute Gasteiger partial charge is 0.348 e. The van der Waals surface area contributed by atoms with Crippen LogP contribution in [0.4, 0.5) is 10.1 Å². The second-order valence-electron chi connectivity index (χ2n) is 6.40. The second kappa shape index (κ2) is 7.86. The number of nitrogens with zero attached hydrogens (tertiary/aromatic N) is 1. The molecule has 2 aromatic rings. The average molecular weight is 378 g/mol. The summed E-state index contributed by atoms with van der Waals surface area (Å²) in [6.45, 7) is 5.43. The number of carbonyl (C=O) groups is 1. The van der Waals surface area contributed by atoms with Crippen molar-refractivity contribution in [1.82, 2.24) is 5.32 Å². The molecule has 0 aliphatic rings. The van der Waals surface area contributed by atoms with Crippen molar-refractivity contribution in [2.75, 3.05) is 17.1 Å². The number of halogens is 1. The first-order valence-corrected chi connectivity index (χ1v) is 10.0. The number of aryl methyl sites for hydroxylation is 2. The molecule has 0 unspecified atom stereocenters. The Morgan fingerprint density at radius 3 is 2.31 bits per heavy atom. The summed E-state index contributed by atoms with van der Waals surface area (Å²) >= 11 is 0. The maximum atomic E-state index is 13.1. The molecular weight excluding hydrogens is 355 g/mol. The van der Waals surface area contributed by atoms with E-state index in [0.717, 1.165) is 39.4 Å². The molecule has 140 valence electrons. The molecule has 0 bridgehead atoms. The molecule has 0 spiro atoms. The van der Waals surface area contributed by atoms with E-state index in [9.17, 15) is 17.6 Å². The highest BCUT2D eigenvalue weighted by atomic mass is 32.2. The Bertz CT molecular complexity index is 896. The van der Waals surface area contributed by atoms with Crippen LogP contribution in [0.15, 0.2) is 42.5 Å². The van der Waals surface area contributed by atoms with Gasteiger partial charge in [0, 0.05) is 0 Å². The molecule has 2 aromatic carbocycles. The Morgan fingerprint density at radius 1 is 1.15 bits per heavy atom. The Kier molecular flexibility index (Phi) is 6.02. The standard InChI is InChI=1S/C19H23FN2O3S/c1-13-5-10-18(14(2)11-13)15(3)21-19(23)12-22(26(4,24)25)17-8-6-16(20)7-9-17/h5-11,15H,12H2,1-4H3,(H,21,23)/t15-/m0/s1. The first kappa shape index (κ1) is 19.9. The number of nitrogens with one attached hydrogen (secondary N) is 1. The molecule has 0 aromatic heterocycles. The van der Waals surface area contributed by atoms with E-state index in [-0.39, 0.29) is 18.3 Å². The van der Waals surface area contributed by atoms with Crippen LogP contribution in [0.5, 0.6) is 0 Å². The van der Waals surface area contributed by atoms with E-state index in [1.165, 1.54) is 12.1 Å². The van der Waals surface area contributed by atoms with E-state index in [1.54, 1.807) is 0 Å². The Balaban J connectivity index is 2.15. The average Bonchev–Trinajstić information content (AvgIpc) is 2.52. The van der Waals surface area contributed by atoms with Crippen molar-refractivity contribution in [3.8, 4) is 0 Å². The quantitative estimate of drug-likeness (QED) is 0.840. The number of benzene rings is 2. The van der Waals surface area contributed by atoms with Gasteiger partial charge in [0.15, 0.2) is 0 Å². The van der Waals surface area contributed by atoms with Gasteiger partial charge in [-0.05, 0) is 56.2 Å². The summed E-state index contributed by atoms with van der Waals surface area (Å²) < 4.78 is 38.1. The zero-order valence-corrected chi connectivity index (χ0v) is 16.1. The van der Waals surface area contributed by atoms with E-state index >= 15 is 0 Å². The van der Waals surface area contributed by atoms with Gasteiger partial charge < -0.3 is 5.32 Å². The number of amides is 1. The molecule has 0 fully saturated rings. The molecule has 26 heavy (non-hydrogen) atoms.